The van der Waals surface area contributed by atoms with Crippen LogP contribution < -0.4 is 15.5 Å². The first-order chi connectivity index (χ1) is 14.9. The van der Waals surface area contributed by atoms with Crippen molar-refractivity contribution < 1.29 is 4.79 Å². The van der Waals surface area contributed by atoms with Gasteiger partial charge in [0.15, 0.2) is 5.11 Å². The van der Waals surface area contributed by atoms with Gasteiger partial charge in [-0.2, -0.15) is 0 Å². The van der Waals surface area contributed by atoms with Gasteiger partial charge in [0.05, 0.1) is 11.4 Å². The normalized spacial score (nSPS) is 15.6. The van der Waals surface area contributed by atoms with E-state index in [4.69, 9.17) is 28.8 Å². The number of rotatable bonds is 3. The van der Waals surface area contributed by atoms with Gasteiger partial charge in [0, 0.05) is 29.4 Å². The quantitative estimate of drug-likeness (QED) is 0.587. The summed E-state index contributed by atoms with van der Waals surface area (Å²) in [6.07, 6.45) is 0.771. The van der Waals surface area contributed by atoms with E-state index < -0.39 is 6.17 Å². The lowest BCUT2D eigenvalue weighted by Gasteiger charge is -2.22. The number of aryl methyl sites for hydroxylation is 1. The van der Waals surface area contributed by atoms with Crippen LogP contribution in [-0.4, -0.2) is 34.9 Å². The molecule has 1 atom stereocenters. The predicted molar refractivity (Wildman–Crippen MR) is 129 cm³/mol. The maximum Gasteiger partial charge on any atom is 0.272 e. The Kier molecular flexibility index (Phi) is 5.97. The van der Waals surface area contributed by atoms with E-state index >= 15 is 0 Å². The number of hydrogen-bond acceptors (Lipinski definition) is 4. The molecule has 6 nitrogen and oxygen atoms in total. The zero-order valence-electron chi connectivity index (χ0n) is 17.0. The number of benzene rings is 2. The number of aliphatic imine (C=N–C) groups is 1. The predicted octanol–water partition coefficient (Wildman–Crippen LogP) is 4.17. The third-order valence-corrected chi connectivity index (χ3v) is 5.32. The zero-order valence-corrected chi connectivity index (χ0v) is 18.5. The summed E-state index contributed by atoms with van der Waals surface area (Å²) >= 11 is 11.7. The van der Waals surface area contributed by atoms with Crippen LogP contribution in [0.3, 0.4) is 0 Å². The summed E-state index contributed by atoms with van der Waals surface area (Å²) in [5.74, 6) is 0.352. The summed E-state index contributed by atoms with van der Waals surface area (Å²) in [5.41, 5.74) is 4.07. The molecule has 156 valence electrons. The Hall–Kier alpha value is -3.29. The van der Waals surface area contributed by atoms with Gasteiger partial charge >= 0.3 is 0 Å². The molecule has 4 rings (SSSR count). The number of nitrogens with zero attached hydrogens (tertiary/aromatic N) is 3. The molecule has 0 saturated carbocycles. The van der Waals surface area contributed by atoms with E-state index in [1.54, 1.807) is 24.2 Å². The van der Waals surface area contributed by atoms with Crippen molar-refractivity contribution in [3.8, 4) is 0 Å². The number of anilines is 2. The van der Waals surface area contributed by atoms with Crippen LogP contribution in [0.5, 0.6) is 0 Å². The monoisotopic (exact) mass is 449 g/mol. The molecule has 1 aliphatic heterocycles. The minimum absolute atomic E-state index is 0.240. The third-order valence-electron chi connectivity index (χ3n) is 4.87. The van der Waals surface area contributed by atoms with Crippen LogP contribution in [0.15, 0.2) is 71.9 Å². The molecule has 8 heteroatoms. The number of carbonyl (C=O) groups excluding carboxylic acids is 1. The van der Waals surface area contributed by atoms with Crippen LogP contribution in [-0.2, 0) is 4.79 Å². The number of likely N-dealkylation sites (N-methyl/N-ethyl adjacent to an activating group) is 1. The SMILES string of the molecule is Cc1ccnc(NC(=S)NC2N=C(c3ccccc3)c3cc(Cl)ccc3N(C)C2=O)c1. The van der Waals surface area contributed by atoms with Gasteiger partial charge in [-0.05, 0) is 55.0 Å². The lowest BCUT2D eigenvalue weighted by atomic mass is 10.0. The lowest BCUT2D eigenvalue weighted by Crippen LogP contribution is -2.47. The molecule has 1 aliphatic rings. The number of carbonyl (C=O) groups is 1. The van der Waals surface area contributed by atoms with Gasteiger partial charge in [0.1, 0.15) is 5.82 Å². The molecule has 1 amide bonds. The highest BCUT2D eigenvalue weighted by Gasteiger charge is 2.30. The lowest BCUT2D eigenvalue weighted by molar-refractivity contribution is -0.119. The summed E-state index contributed by atoms with van der Waals surface area (Å²) in [6.45, 7) is 1.96. The van der Waals surface area contributed by atoms with Gasteiger partial charge in [-0.3, -0.25) is 4.79 Å². The van der Waals surface area contributed by atoms with Crippen LogP contribution in [0.1, 0.15) is 16.7 Å². The van der Waals surface area contributed by atoms with E-state index in [0.717, 1.165) is 22.4 Å². The largest absolute Gasteiger partial charge is 0.333 e. The van der Waals surface area contributed by atoms with Gasteiger partial charge in [0.25, 0.3) is 5.91 Å². The third kappa shape index (κ3) is 4.57. The Morgan fingerprint density at radius 3 is 2.65 bits per heavy atom. The number of thiocarbonyl (C=S) groups is 1. The molecule has 1 aromatic heterocycles. The fourth-order valence-electron chi connectivity index (χ4n) is 3.35. The molecule has 3 aromatic rings. The number of nitrogens with one attached hydrogen (secondary N) is 2. The maximum atomic E-state index is 13.2. The van der Waals surface area contributed by atoms with Crippen LogP contribution >= 0.6 is 23.8 Å². The number of halogens is 1. The van der Waals surface area contributed by atoms with Crippen molar-refractivity contribution in [2.45, 2.75) is 13.1 Å². The highest BCUT2D eigenvalue weighted by Crippen LogP contribution is 2.29. The van der Waals surface area contributed by atoms with Crippen LogP contribution in [0.4, 0.5) is 11.5 Å². The average Bonchev–Trinajstić information content (AvgIpc) is 2.85. The number of pyridine rings is 1. The Balaban J connectivity index is 1.71. The number of amides is 1. The highest BCUT2D eigenvalue weighted by molar-refractivity contribution is 7.80. The minimum atomic E-state index is -0.920. The van der Waals surface area contributed by atoms with Crippen LogP contribution in [0.2, 0.25) is 5.02 Å². The highest BCUT2D eigenvalue weighted by atomic mass is 35.5. The first-order valence-corrected chi connectivity index (χ1v) is 10.4. The second-order valence-corrected chi connectivity index (χ2v) is 7.97. The molecule has 2 N–H and O–H groups in total. The number of hydrogen-bond donors (Lipinski definition) is 2. The van der Waals surface area contributed by atoms with Gasteiger partial charge in [-0.25, -0.2) is 9.98 Å². The summed E-state index contributed by atoms with van der Waals surface area (Å²) in [4.78, 5) is 23.8. The molecule has 0 radical (unpaired) electrons. The topological polar surface area (TPSA) is 69.6 Å². The molecule has 2 aromatic carbocycles. The van der Waals surface area contributed by atoms with Gasteiger partial charge in [-0.1, -0.05) is 41.9 Å². The zero-order chi connectivity index (χ0) is 22.0. The number of benzodiazepines with no additional fused rings is 1. The van der Waals surface area contributed by atoms with E-state index in [1.807, 2.05) is 61.5 Å². The Bertz CT molecular complexity index is 1180. The van der Waals surface area contributed by atoms with Crippen molar-refractivity contribution in [2.24, 2.45) is 4.99 Å². The van der Waals surface area contributed by atoms with E-state index in [1.165, 1.54) is 0 Å². The molecule has 0 spiro atoms. The molecule has 0 saturated heterocycles. The Morgan fingerprint density at radius 2 is 1.90 bits per heavy atom. The minimum Gasteiger partial charge on any atom is -0.333 e. The molecular weight excluding hydrogens is 430 g/mol. The van der Waals surface area contributed by atoms with Crippen LogP contribution in [0, 0.1) is 6.92 Å². The van der Waals surface area contributed by atoms with Crippen molar-refractivity contribution in [3.63, 3.8) is 0 Å². The van der Waals surface area contributed by atoms with E-state index in [-0.39, 0.29) is 11.0 Å². The molecule has 0 bridgehead atoms. The van der Waals surface area contributed by atoms with E-state index in [2.05, 4.69) is 15.6 Å². The summed E-state index contributed by atoms with van der Waals surface area (Å²) in [7, 11) is 1.71. The van der Waals surface area contributed by atoms with Gasteiger partial charge in [-0.15, -0.1) is 0 Å². The molecule has 1 unspecified atom stereocenters. The van der Waals surface area contributed by atoms with E-state index in [9.17, 15) is 4.79 Å². The number of fused-ring (bicyclic) bond motifs is 1. The summed E-state index contributed by atoms with van der Waals surface area (Å²) in [5, 5.41) is 6.87. The first-order valence-electron chi connectivity index (χ1n) is 9.63. The second-order valence-electron chi connectivity index (χ2n) is 7.12. The Morgan fingerprint density at radius 1 is 1.13 bits per heavy atom. The average molecular weight is 450 g/mol. The number of aromatic nitrogens is 1. The summed E-state index contributed by atoms with van der Waals surface area (Å²) in [6, 6.07) is 18.8. The summed E-state index contributed by atoms with van der Waals surface area (Å²) < 4.78 is 0. The fraction of sp³-hybridized carbons (Fsp3) is 0.130. The maximum absolute atomic E-state index is 13.2. The van der Waals surface area contributed by atoms with Crippen molar-refractivity contribution in [1.82, 2.24) is 10.3 Å². The molecule has 31 heavy (non-hydrogen) atoms. The molecule has 2 heterocycles. The molecule has 0 aliphatic carbocycles. The van der Waals surface area contributed by atoms with Crippen molar-refractivity contribution in [2.75, 3.05) is 17.3 Å². The Labute approximate surface area is 191 Å². The molecular formula is C23H20ClN5OS. The van der Waals surface area contributed by atoms with E-state index in [0.29, 0.717) is 16.6 Å². The van der Waals surface area contributed by atoms with Gasteiger partial charge < -0.3 is 15.5 Å². The second kappa shape index (κ2) is 8.83. The molecule has 0 fully saturated rings. The first kappa shape index (κ1) is 21.0. The fourth-order valence-corrected chi connectivity index (χ4v) is 3.74. The smallest absolute Gasteiger partial charge is 0.272 e. The van der Waals surface area contributed by atoms with Crippen molar-refractivity contribution >= 4 is 52.1 Å². The standard InChI is InChI=1S/C23H20ClN5OS/c1-14-10-11-25-19(12-14)26-23(31)28-21-22(30)29(2)18-9-8-16(24)13-17(18)20(27-21)15-6-4-3-5-7-15/h3-13,21H,1-2H3,(H2,25,26,28,31). The van der Waals surface area contributed by atoms with Gasteiger partial charge in [0.2, 0.25) is 6.17 Å². The van der Waals surface area contributed by atoms with Crippen molar-refractivity contribution in [3.05, 3.63) is 88.6 Å². The van der Waals surface area contributed by atoms with Crippen LogP contribution in [0.25, 0.3) is 0 Å². The van der Waals surface area contributed by atoms with Crippen molar-refractivity contribution in [1.29, 1.82) is 0 Å².